The van der Waals surface area contributed by atoms with E-state index in [9.17, 15) is 20.0 Å². The molecular weight excluding hydrogens is 314 g/mol. The summed E-state index contributed by atoms with van der Waals surface area (Å²) >= 11 is 0. The maximum Gasteiger partial charge on any atom is 0.433 e. The summed E-state index contributed by atoms with van der Waals surface area (Å²) in [4.78, 5) is 26.1. The minimum atomic E-state index is -0.663. The summed E-state index contributed by atoms with van der Waals surface area (Å²) in [6.07, 6.45) is 0. The molecule has 1 aliphatic heterocycles. The van der Waals surface area contributed by atoms with Crippen molar-refractivity contribution in [2.45, 2.75) is 6.54 Å². The Morgan fingerprint density at radius 2 is 1.96 bits per heavy atom. The van der Waals surface area contributed by atoms with E-state index in [1.165, 1.54) is 12.1 Å². The Bertz CT molecular complexity index is 750. The van der Waals surface area contributed by atoms with Gasteiger partial charge in [0.2, 0.25) is 0 Å². The van der Waals surface area contributed by atoms with Crippen LogP contribution in [0.25, 0.3) is 0 Å². The second-order valence-corrected chi connectivity index (χ2v) is 5.63. The van der Waals surface area contributed by atoms with Gasteiger partial charge in [0.05, 0.1) is 6.07 Å². The molecule has 1 saturated heterocycles. The SMILES string of the molecule is O=C(c1ccc([N+](=O)[O-])o1)N1CCN(Cc2cccc(O)c2)CC1. The molecule has 0 bridgehead atoms. The van der Waals surface area contributed by atoms with Crippen molar-refractivity contribution in [1.29, 1.82) is 0 Å². The van der Waals surface area contributed by atoms with Crippen LogP contribution in [0.1, 0.15) is 16.1 Å². The summed E-state index contributed by atoms with van der Waals surface area (Å²) in [6.45, 7) is 3.11. The average molecular weight is 331 g/mol. The number of piperazine rings is 1. The van der Waals surface area contributed by atoms with Crippen molar-refractivity contribution in [2.75, 3.05) is 26.2 Å². The molecule has 0 atom stereocenters. The number of furan rings is 1. The maximum atomic E-state index is 12.3. The van der Waals surface area contributed by atoms with Crippen LogP contribution in [0.15, 0.2) is 40.8 Å². The number of amides is 1. The van der Waals surface area contributed by atoms with Crippen LogP contribution >= 0.6 is 0 Å². The van der Waals surface area contributed by atoms with Gasteiger partial charge in [-0.25, -0.2) is 0 Å². The number of hydrogen-bond donors (Lipinski definition) is 1. The van der Waals surface area contributed by atoms with Crippen LogP contribution in [-0.2, 0) is 6.54 Å². The molecule has 0 unspecified atom stereocenters. The van der Waals surface area contributed by atoms with E-state index in [0.29, 0.717) is 32.7 Å². The number of carbonyl (C=O) groups is 1. The van der Waals surface area contributed by atoms with Crippen molar-refractivity contribution < 1.29 is 19.2 Å². The monoisotopic (exact) mass is 331 g/mol. The van der Waals surface area contributed by atoms with Crippen molar-refractivity contribution in [3.63, 3.8) is 0 Å². The molecule has 1 N–H and O–H groups in total. The highest BCUT2D eigenvalue weighted by Crippen LogP contribution is 2.19. The summed E-state index contributed by atoms with van der Waals surface area (Å²) in [5, 5.41) is 20.1. The molecule has 1 fully saturated rings. The van der Waals surface area contributed by atoms with Gasteiger partial charge in [-0.1, -0.05) is 12.1 Å². The zero-order chi connectivity index (χ0) is 17.1. The topological polar surface area (TPSA) is 100 Å². The van der Waals surface area contributed by atoms with Gasteiger partial charge >= 0.3 is 5.88 Å². The molecule has 1 aromatic carbocycles. The van der Waals surface area contributed by atoms with E-state index in [4.69, 9.17) is 4.42 Å². The van der Waals surface area contributed by atoms with Gasteiger partial charge in [0.25, 0.3) is 5.91 Å². The highest BCUT2D eigenvalue weighted by molar-refractivity contribution is 5.91. The Hall–Kier alpha value is -2.87. The molecule has 1 aromatic heterocycles. The second-order valence-electron chi connectivity index (χ2n) is 5.63. The van der Waals surface area contributed by atoms with E-state index in [-0.39, 0.29) is 17.4 Å². The van der Waals surface area contributed by atoms with E-state index in [0.717, 1.165) is 5.56 Å². The summed E-state index contributed by atoms with van der Waals surface area (Å²) in [5.74, 6) is -0.537. The fourth-order valence-electron chi connectivity index (χ4n) is 2.72. The Kier molecular flexibility index (Phi) is 4.48. The smallest absolute Gasteiger partial charge is 0.433 e. The minimum Gasteiger partial charge on any atom is -0.508 e. The highest BCUT2D eigenvalue weighted by Gasteiger charge is 2.26. The summed E-state index contributed by atoms with van der Waals surface area (Å²) in [6, 6.07) is 9.61. The Balaban J connectivity index is 1.56. The lowest BCUT2D eigenvalue weighted by Gasteiger charge is -2.34. The first-order chi connectivity index (χ1) is 11.5. The quantitative estimate of drug-likeness (QED) is 0.678. The number of benzene rings is 1. The second kappa shape index (κ2) is 6.71. The lowest BCUT2D eigenvalue weighted by molar-refractivity contribution is -0.402. The third-order valence-electron chi connectivity index (χ3n) is 3.96. The van der Waals surface area contributed by atoms with E-state index in [2.05, 4.69) is 4.90 Å². The first-order valence-electron chi connectivity index (χ1n) is 7.57. The Morgan fingerprint density at radius 3 is 2.58 bits per heavy atom. The third kappa shape index (κ3) is 3.54. The summed E-state index contributed by atoms with van der Waals surface area (Å²) in [5.41, 5.74) is 1.01. The number of aromatic hydroxyl groups is 1. The molecule has 126 valence electrons. The highest BCUT2D eigenvalue weighted by atomic mass is 16.6. The van der Waals surface area contributed by atoms with E-state index in [1.807, 2.05) is 6.07 Å². The average Bonchev–Trinajstić information content (AvgIpc) is 3.05. The zero-order valence-electron chi connectivity index (χ0n) is 12.9. The van der Waals surface area contributed by atoms with E-state index >= 15 is 0 Å². The summed E-state index contributed by atoms with van der Waals surface area (Å²) in [7, 11) is 0. The number of rotatable bonds is 4. The van der Waals surface area contributed by atoms with Gasteiger partial charge < -0.3 is 14.4 Å². The van der Waals surface area contributed by atoms with Gasteiger partial charge in [-0.15, -0.1) is 0 Å². The molecule has 2 heterocycles. The van der Waals surface area contributed by atoms with Crippen molar-refractivity contribution in [2.24, 2.45) is 0 Å². The van der Waals surface area contributed by atoms with Crippen LogP contribution < -0.4 is 0 Å². The molecule has 0 spiro atoms. The molecule has 3 rings (SSSR count). The molecule has 1 amide bonds. The normalized spacial score (nSPS) is 15.4. The molecule has 24 heavy (non-hydrogen) atoms. The molecule has 8 nitrogen and oxygen atoms in total. The van der Waals surface area contributed by atoms with Gasteiger partial charge in [0, 0.05) is 32.7 Å². The molecule has 0 radical (unpaired) electrons. The fourth-order valence-corrected chi connectivity index (χ4v) is 2.72. The van der Waals surface area contributed by atoms with E-state index in [1.54, 1.807) is 23.1 Å². The first kappa shape index (κ1) is 16.0. The third-order valence-corrected chi connectivity index (χ3v) is 3.96. The Labute approximate surface area is 138 Å². The van der Waals surface area contributed by atoms with Crippen molar-refractivity contribution in [3.8, 4) is 5.75 Å². The predicted octanol–water partition coefficient (Wildman–Crippen LogP) is 1.85. The van der Waals surface area contributed by atoms with Gasteiger partial charge in [-0.3, -0.25) is 19.8 Å². The van der Waals surface area contributed by atoms with Crippen LogP contribution in [-0.4, -0.2) is 51.9 Å². The van der Waals surface area contributed by atoms with Gasteiger partial charge in [-0.2, -0.15) is 0 Å². The van der Waals surface area contributed by atoms with Crippen LogP contribution in [0, 0.1) is 10.1 Å². The first-order valence-corrected chi connectivity index (χ1v) is 7.57. The molecule has 0 aliphatic carbocycles. The molecule has 8 heteroatoms. The molecular formula is C16H17N3O5. The van der Waals surface area contributed by atoms with Crippen molar-refractivity contribution in [3.05, 3.63) is 57.8 Å². The van der Waals surface area contributed by atoms with E-state index < -0.39 is 10.8 Å². The van der Waals surface area contributed by atoms with Gasteiger partial charge in [0.1, 0.15) is 10.7 Å². The minimum absolute atomic E-state index is 0.0110. The number of phenols is 1. The number of hydrogen-bond acceptors (Lipinski definition) is 6. The van der Waals surface area contributed by atoms with Crippen LogP contribution in [0.3, 0.4) is 0 Å². The van der Waals surface area contributed by atoms with Crippen molar-refractivity contribution >= 4 is 11.8 Å². The number of nitro groups is 1. The standard InChI is InChI=1S/C16H17N3O5/c20-13-3-1-2-12(10-13)11-17-6-8-18(9-7-17)16(21)14-4-5-15(24-14)19(22)23/h1-5,10,20H,6-9,11H2. The lowest BCUT2D eigenvalue weighted by atomic mass is 10.2. The number of nitrogens with zero attached hydrogens (tertiary/aromatic N) is 3. The Morgan fingerprint density at radius 1 is 1.21 bits per heavy atom. The van der Waals surface area contributed by atoms with Crippen molar-refractivity contribution in [1.82, 2.24) is 9.80 Å². The van der Waals surface area contributed by atoms with Gasteiger partial charge in [-0.05, 0) is 23.8 Å². The molecule has 1 aliphatic rings. The van der Waals surface area contributed by atoms with Crippen LogP contribution in [0.2, 0.25) is 0 Å². The molecule has 0 saturated carbocycles. The number of phenolic OH excluding ortho intramolecular Hbond substituents is 1. The van der Waals surface area contributed by atoms with Crippen LogP contribution in [0.4, 0.5) is 5.88 Å². The molecule has 2 aromatic rings. The van der Waals surface area contributed by atoms with Gasteiger partial charge in [0.15, 0.2) is 5.76 Å². The zero-order valence-corrected chi connectivity index (χ0v) is 12.9. The largest absolute Gasteiger partial charge is 0.508 e. The fraction of sp³-hybridized carbons (Fsp3) is 0.312. The van der Waals surface area contributed by atoms with Crippen LogP contribution in [0.5, 0.6) is 5.75 Å². The maximum absolute atomic E-state index is 12.3. The lowest BCUT2D eigenvalue weighted by Crippen LogP contribution is -2.48. The predicted molar refractivity (Wildman–Crippen MR) is 84.6 cm³/mol. The summed E-state index contributed by atoms with van der Waals surface area (Å²) < 4.78 is 4.96. The number of carbonyl (C=O) groups excluding carboxylic acids is 1.